The van der Waals surface area contributed by atoms with E-state index in [0.717, 1.165) is 0 Å². The molecule has 0 saturated heterocycles. The molecule has 0 radical (unpaired) electrons. The van der Waals surface area contributed by atoms with Crippen LogP contribution < -0.4 is 5.32 Å². The zero-order valence-corrected chi connectivity index (χ0v) is 8.72. The van der Waals surface area contributed by atoms with E-state index in [0.29, 0.717) is 19.5 Å². The summed E-state index contributed by atoms with van der Waals surface area (Å²) in [7, 11) is 0. The summed E-state index contributed by atoms with van der Waals surface area (Å²) in [6, 6.07) is 0. The summed E-state index contributed by atoms with van der Waals surface area (Å²) in [4.78, 5) is 10.8. The molecule has 0 aliphatic carbocycles. The first-order valence-electron chi connectivity index (χ1n) is 4.72. The van der Waals surface area contributed by atoms with E-state index in [4.69, 9.17) is 15.3 Å². The molecule has 0 aromatic rings. The summed E-state index contributed by atoms with van der Waals surface area (Å²) >= 11 is 0. The molecule has 0 bridgehead atoms. The second-order valence-electron chi connectivity index (χ2n) is 3.34. The van der Waals surface area contributed by atoms with Gasteiger partial charge in [-0.05, 0) is 6.08 Å². The number of carbonyl (C=O) groups excluding carboxylic acids is 1. The van der Waals surface area contributed by atoms with Crippen molar-refractivity contribution in [2.24, 2.45) is 0 Å². The monoisotopic (exact) mass is 219 g/mol. The van der Waals surface area contributed by atoms with Gasteiger partial charge >= 0.3 is 0 Å². The first-order valence-corrected chi connectivity index (χ1v) is 4.72. The molecule has 0 aliphatic rings. The van der Waals surface area contributed by atoms with Crippen LogP contribution in [0.2, 0.25) is 0 Å². The fourth-order valence-electron chi connectivity index (χ4n) is 1.04. The standard InChI is InChI=1S/C9H18N2O4/c1-2-9(15)10-4-3-5-11(6-12,7-13)8-14/h2,12-14H,1,3-8H2/p+1. The van der Waals surface area contributed by atoms with Crippen LogP contribution in [0, 0.1) is 0 Å². The van der Waals surface area contributed by atoms with Crippen LogP contribution in [-0.4, -0.2) is 59.0 Å². The fraction of sp³-hybridized carbons (Fsp3) is 0.667. The number of aliphatic hydroxyl groups is 3. The van der Waals surface area contributed by atoms with Crippen molar-refractivity contribution >= 4 is 5.91 Å². The van der Waals surface area contributed by atoms with Gasteiger partial charge in [-0.2, -0.15) is 0 Å². The average molecular weight is 219 g/mol. The Labute approximate surface area is 89.0 Å². The van der Waals surface area contributed by atoms with Crippen LogP contribution in [0.25, 0.3) is 0 Å². The zero-order chi connectivity index (χ0) is 11.7. The van der Waals surface area contributed by atoms with E-state index in [9.17, 15) is 4.79 Å². The molecular formula is C9H19N2O4+. The summed E-state index contributed by atoms with van der Waals surface area (Å²) in [5.74, 6) is -0.259. The highest BCUT2D eigenvalue weighted by atomic mass is 16.3. The SMILES string of the molecule is C=CC(=O)NCCC[N+](CO)(CO)CO. The second-order valence-corrected chi connectivity index (χ2v) is 3.34. The van der Waals surface area contributed by atoms with Gasteiger partial charge in [-0.15, -0.1) is 0 Å². The molecule has 0 fully saturated rings. The maximum Gasteiger partial charge on any atom is 0.243 e. The highest BCUT2D eigenvalue weighted by Gasteiger charge is 2.23. The molecule has 6 heteroatoms. The summed E-state index contributed by atoms with van der Waals surface area (Å²) < 4.78 is -0.191. The van der Waals surface area contributed by atoms with Crippen LogP contribution >= 0.6 is 0 Å². The molecule has 0 aromatic heterocycles. The van der Waals surface area contributed by atoms with E-state index in [-0.39, 0.29) is 30.6 Å². The first kappa shape index (κ1) is 14.1. The molecule has 4 N–H and O–H groups in total. The average Bonchev–Trinajstić information content (AvgIpc) is 2.30. The van der Waals surface area contributed by atoms with E-state index < -0.39 is 0 Å². The maximum absolute atomic E-state index is 10.8. The van der Waals surface area contributed by atoms with E-state index in [1.54, 1.807) is 0 Å². The van der Waals surface area contributed by atoms with Crippen molar-refractivity contribution in [1.82, 2.24) is 5.32 Å². The van der Waals surface area contributed by atoms with Gasteiger partial charge in [0, 0.05) is 13.0 Å². The molecule has 0 spiro atoms. The molecule has 0 aromatic carbocycles. The summed E-state index contributed by atoms with van der Waals surface area (Å²) in [6.45, 7) is 3.12. The van der Waals surface area contributed by atoms with Crippen molar-refractivity contribution in [3.8, 4) is 0 Å². The molecule has 15 heavy (non-hydrogen) atoms. The van der Waals surface area contributed by atoms with Crippen molar-refractivity contribution < 1.29 is 24.6 Å². The van der Waals surface area contributed by atoms with Crippen molar-refractivity contribution in [2.45, 2.75) is 6.42 Å². The number of nitrogens with zero attached hydrogens (tertiary/aromatic N) is 1. The molecule has 0 heterocycles. The Morgan fingerprint density at radius 1 is 1.27 bits per heavy atom. The molecule has 0 unspecified atom stereocenters. The molecule has 1 amide bonds. The Bertz CT molecular complexity index is 196. The molecule has 88 valence electrons. The minimum absolute atomic E-state index is 0.191. The van der Waals surface area contributed by atoms with Gasteiger partial charge in [-0.1, -0.05) is 6.58 Å². The van der Waals surface area contributed by atoms with E-state index in [2.05, 4.69) is 11.9 Å². The van der Waals surface area contributed by atoms with Gasteiger partial charge in [0.1, 0.15) is 0 Å². The van der Waals surface area contributed by atoms with Crippen molar-refractivity contribution in [1.29, 1.82) is 0 Å². The predicted octanol–water partition coefficient (Wildman–Crippen LogP) is -1.66. The van der Waals surface area contributed by atoms with Crippen LogP contribution in [0.1, 0.15) is 6.42 Å². The van der Waals surface area contributed by atoms with Crippen LogP contribution in [0.3, 0.4) is 0 Å². The maximum atomic E-state index is 10.8. The lowest BCUT2D eigenvalue weighted by Gasteiger charge is -2.31. The van der Waals surface area contributed by atoms with Crippen molar-refractivity contribution in [3.05, 3.63) is 12.7 Å². The zero-order valence-electron chi connectivity index (χ0n) is 8.72. The number of quaternary nitrogens is 1. The normalized spacial score (nSPS) is 11.1. The Morgan fingerprint density at radius 2 is 1.80 bits per heavy atom. The van der Waals surface area contributed by atoms with Gasteiger partial charge < -0.3 is 20.6 Å². The van der Waals surface area contributed by atoms with Gasteiger partial charge in [0.15, 0.2) is 20.2 Å². The molecule has 6 nitrogen and oxygen atoms in total. The van der Waals surface area contributed by atoms with Gasteiger partial charge in [0.25, 0.3) is 0 Å². The number of hydrogen-bond donors (Lipinski definition) is 4. The lowest BCUT2D eigenvalue weighted by Crippen LogP contribution is -2.51. The van der Waals surface area contributed by atoms with Crippen LogP contribution in [0.15, 0.2) is 12.7 Å². The Hall–Kier alpha value is -0.950. The summed E-state index contributed by atoms with van der Waals surface area (Å²) in [5.41, 5.74) is 0. The molecule has 0 rings (SSSR count). The highest BCUT2D eigenvalue weighted by molar-refractivity contribution is 5.86. The highest BCUT2D eigenvalue weighted by Crippen LogP contribution is 2.03. The lowest BCUT2D eigenvalue weighted by atomic mass is 10.3. The molecule has 0 atom stereocenters. The third kappa shape index (κ3) is 4.89. The van der Waals surface area contributed by atoms with Crippen molar-refractivity contribution in [2.75, 3.05) is 33.3 Å². The van der Waals surface area contributed by atoms with Gasteiger partial charge in [0.2, 0.25) is 5.91 Å². The van der Waals surface area contributed by atoms with Crippen LogP contribution in [0.4, 0.5) is 0 Å². The minimum Gasteiger partial charge on any atom is -0.352 e. The predicted molar refractivity (Wildman–Crippen MR) is 54.2 cm³/mol. The number of hydrogen-bond acceptors (Lipinski definition) is 4. The van der Waals surface area contributed by atoms with Gasteiger partial charge in [0.05, 0.1) is 6.54 Å². The lowest BCUT2D eigenvalue weighted by molar-refractivity contribution is -0.976. The third-order valence-corrected chi connectivity index (χ3v) is 2.19. The number of carbonyl (C=O) groups is 1. The number of rotatable bonds is 8. The number of aliphatic hydroxyl groups excluding tert-OH is 3. The summed E-state index contributed by atoms with van der Waals surface area (Å²) in [5, 5.41) is 29.5. The molecule has 0 aliphatic heterocycles. The minimum atomic E-state index is -0.331. The third-order valence-electron chi connectivity index (χ3n) is 2.19. The topological polar surface area (TPSA) is 89.8 Å². The van der Waals surface area contributed by atoms with Crippen LogP contribution in [0.5, 0.6) is 0 Å². The Kier molecular flexibility index (Phi) is 6.89. The fourth-order valence-corrected chi connectivity index (χ4v) is 1.04. The van der Waals surface area contributed by atoms with Crippen molar-refractivity contribution in [3.63, 3.8) is 0 Å². The second kappa shape index (κ2) is 7.36. The van der Waals surface area contributed by atoms with E-state index in [1.807, 2.05) is 0 Å². The largest absolute Gasteiger partial charge is 0.352 e. The smallest absolute Gasteiger partial charge is 0.243 e. The van der Waals surface area contributed by atoms with Gasteiger partial charge in [-0.25, -0.2) is 0 Å². The quantitative estimate of drug-likeness (QED) is 0.170. The summed E-state index contributed by atoms with van der Waals surface area (Å²) in [6.07, 6.45) is 1.73. The number of nitrogens with one attached hydrogen (secondary N) is 1. The van der Waals surface area contributed by atoms with E-state index >= 15 is 0 Å². The molecular weight excluding hydrogens is 200 g/mol. The van der Waals surface area contributed by atoms with Crippen LogP contribution in [-0.2, 0) is 4.79 Å². The first-order chi connectivity index (χ1) is 7.14. The van der Waals surface area contributed by atoms with Gasteiger partial charge in [-0.3, -0.25) is 9.28 Å². The molecule has 0 saturated carbocycles. The van der Waals surface area contributed by atoms with E-state index in [1.165, 1.54) is 6.08 Å². The number of amides is 1. The Morgan fingerprint density at radius 3 is 2.20 bits per heavy atom. The Balaban J connectivity index is 3.81.